The Balaban J connectivity index is 1.59. The first-order valence-electron chi connectivity index (χ1n) is 9.44. The first kappa shape index (κ1) is 19.4. The Bertz CT molecular complexity index is 1180. The smallest absolute Gasteiger partial charge is 0.262 e. The molecule has 1 N–H and O–H groups in total. The predicted octanol–water partition coefficient (Wildman–Crippen LogP) is 4.18. The largest absolute Gasteiger partial charge is 0.491 e. The highest BCUT2D eigenvalue weighted by Crippen LogP contribution is 2.35. The highest BCUT2D eigenvalue weighted by Gasteiger charge is 2.18. The molecule has 0 amide bonds. The van der Waals surface area contributed by atoms with E-state index >= 15 is 0 Å². The lowest BCUT2D eigenvalue weighted by Crippen LogP contribution is -2.30. The third-order valence-corrected chi connectivity index (χ3v) is 5.80. The standard InChI is InChI=1S/C23H22N2O3S/c1-15-8-10-19(11-9-15)28-13-18(26)12-25-14-24-22-21(23(25)27)20(16(2)29-22)17-6-4-3-5-7-17/h3-11,14,18,26H,12-13H2,1-2H3. The van der Waals surface area contributed by atoms with E-state index in [0.29, 0.717) is 16.0 Å². The van der Waals surface area contributed by atoms with E-state index < -0.39 is 6.10 Å². The minimum atomic E-state index is -0.826. The number of ether oxygens (including phenoxy) is 1. The van der Waals surface area contributed by atoms with Crippen molar-refractivity contribution in [1.82, 2.24) is 9.55 Å². The molecule has 29 heavy (non-hydrogen) atoms. The predicted molar refractivity (Wildman–Crippen MR) is 117 cm³/mol. The number of thiophene rings is 1. The second-order valence-electron chi connectivity index (χ2n) is 7.06. The van der Waals surface area contributed by atoms with Crippen molar-refractivity contribution in [3.05, 3.63) is 81.7 Å². The lowest BCUT2D eigenvalue weighted by atomic mass is 10.0. The van der Waals surface area contributed by atoms with Gasteiger partial charge in [0.15, 0.2) is 0 Å². The van der Waals surface area contributed by atoms with Gasteiger partial charge < -0.3 is 9.84 Å². The molecule has 0 radical (unpaired) electrons. The average Bonchev–Trinajstić information content (AvgIpc) is 3.07. The molecule has 5 nitrogen and oxygen atoms in total. The van der Waals surface area contributed by atoms with Gasteiger partial charge in [-0.15, -0.1) is 11.3 Å². The van der Waals surface area contributed by atoms with E-state index in [1.54, 1.807) is 0 Å². The Kier molecular flexibility index (Phi) is 5.47. The molecule has 4 aromatic rings. The van der Waals surface area contributed by atoms with E-state index in [9.17, 15) is 9.90 Å². The molecule has 0 saturated heterocycles. The van der Waals surface area contributed by atoms with E-state index in [1.807, 2.05) is 68.4 Å². The van der Waals surface area contributed by atoms with E-state index in [4.69, 9.17) is 4.74 Å². The number of aryl methyl sites for hydroxylation is 2. The second kappa shape index (κ2) is 8.19. The number of aliphatic hydroxyl groups is 1. The molecule has 0 aliphatic heterocycles. The maximum Gasteiger partial charge on any atom is 0.262 e. The van der Waals surface area contributed by atoms with Gasteiger partial charge in [0.05, 0.1) is 18.3 Å². The number of aromatic nitrogens is 2. The van der Waals surface area contributed by atoms with E-state index in [2.05, 4.69) is 4.98 Å². The number of aliphatic hydroxyl groups excluding tert-OH is 1. The summed E-state index contributed by atoms with van der Waals surface area (Å²) in [4.78, 5) is 19.4. The van der Waals surface area contributed by atoms with Crippen molar-refractivity contribution in [2.24, 2.45) is 0 Å². The van der Waals surface area contributed by atoms with Crippen molar-refractivity contribution in [2.45, 2.75) is 26.5 Å². The van der Waals surface area contributed by atoms with Crippen molar-refractivity contribution in [3.8, 4) is 16.9 Å². The van der Waals surface area contributed by atoms with Crippen LogP contribution in [-0.2, 0) is 6.54 Å². The fourth-order valence-corrected chi connectivity index (χ4v) is 4.33. The molecule has 0 aliphatic carbocycles. The maximum absolute atomic E-state index is 13.2. The molecular weight excluding hydrogens is 384 g/mol. The summed E-state index contributed by atoms with van der Waals surface area (Å²) in [5, 5.41) is 11.0. The van der Waals surface area contributed by atoms with Crippen LogP contribution in [0.25, 0.3) is 21.3 Å². The summed E-state index contributed by atoms with van der Waals surface area (Å²) in [5.41, 5.74) is 2.91. The van der Waals surface area contributed by atoms with Crippen molar-refractivity contribution < 1.29 is 9.84 Å². The minimum Gasteiger partial charge on any atom is -0.491 e. The Morgan fingerprint density at radius 2 is 1.83 bits per heavy atom. The Labute approximate surface area is 172 Å². The van der Waals surface area contributed by atoms with Crippen LogP contribution in [0.1, 0.15) is 10.4 Å². The van der Waals surface area contributed by atoms with Crippen molar-refractivity contribution in [2.75, 3.05) is 6.61 Å². The van der Waals surface area contributed by atoms with Crippen LogP contribution in [-0.4, -0.2) is 27.4 Å². The maximum atomic E-state index is 13.2. The fourth-order valence-electron chi connectivity index (χ4n) is 3.33. The van der Waals surface area contributed by atoms with Crippen molar-refractivity contribution in [3.63, 3.8) is 0 Å². The molecule has 6 heteroatoms. The summed E-state index contributed by atoms with van der Waals surface area (Å²) < 4.78 is 7.10. The van der Waals surface area contributed by atoms with Gasteiger partial charge in [0.2, 0.25) is 0 Å². The molecule has 2 aromatic carbocycles. The minimum absolute atomic E-state index is 0.0990. The zero-order chi connectivity index (χ0) is 20.4. The highest BCUT2D eigenvalue weighted by molar-refractivity contribution is 7.19. The van der Waals surface area contributed by atoms with Gasteiger partial charge in [-0.3, -0.25) is 9.36 Å². The van der Waals surface area contributed by atoms with Gasteiger partial charge in [-0.05, 0) is 31.5 Å². The van der Waals surface area contributed by atoms with Gasteiger partial charge in [-0.25, -0.2) is 4.98 Å². The van der Waals surface area contributed by atoms with Crippen LogP contribution in [0.5, 0.6) is 5.75 Å². The molecule has 0 bridgehead atoms. The third-order valence-electron chi connectivity index (χ3n) is 4.79. The summed E-state index contributed by atoms with van der Waals surface area (Å²) in [5.74, 6) is 0.690. The number of hydrogen-bond acceptors (Lipinski definition) is 5. The Morgan fingerprint density at radius 3 is 2.55 bits per heavy atom. The monoisotopic (exact) mass is 406 g/mol. The van der Waals surface area contributed by atoms with Crippen molar-refractivity contribution in [1.29, 1.82) is 0 Å². The first-order chi connectivity index (χ1) is 14.0. The molecule has 148 valence electrons. The van der Waals surface area contributed by atoms with E-state index in [-0.39, 0.29) is 18.7 Å². The zero-order valence-corrected chi connectivity index (χ0v) is 17.1. The Hall–Kier alpha value is -2.96. The molecule has 2 heterocycles. The number of fused-ring (bicyclic) bond motifs is 1. The molecule has 4 rings (SSSR count). The molecular formula is C23H22N2O3S. The summed E-state index contributed by atoms with van der Waals surface area (Å²) in [7, 11) is 0. The van der Waals surface area contributed by atoms with Crippen LogP contribution in [0.4, 0.5) is 0 Å². The van der Waals surface area contributed by atoms with Crippen LogP contribution in [0.2, 0.25) is 0 Å². The van der Waals surface area contributed by atoms with Gasteiger partial charge >= 0.3 is 0 Å². The zero-order valence-electron chi connectivity index (χ0n) is 16.3. The van der Waals surface area contributed by atoms with Gasteiger partial charge in [-0.1, -0.05) is 48.0 Å². The third kappa shape index (κ3) is 4.09. The molecule has 2 aromatic heterocycles. The van der Waals surface area contributed by atoms with Crippen LogP contribution in [0.15, 0.2) is 65.7 Å². The normalized spacial score (nSPS) is 12.2. The van der Waals surface area contributed by atoms with E-state index in [0.717, 1.165) is 21.6 Å². The summed E-state index contributed by atoms with van der Waals surface area (Å²) in [6, 6.07) is 17.5. The number of hydrogen-bond donors (Lipinski definition) is 1. The van der Waals surface area contributed by atoms with Crippen molar-refractivity contribution >= 4 is 21.6 Å². The lowest BCUT2D eigenvalue weighted by molar-refractivity contribution is 0.0915. The summed E-state index contributed by atoms with van der Waals surface area (Å²) in [6.45, 7) is 4.23. The van der Waals surface area contributed by atoms with Crippen LogP contribution >= 0.6 is 11.3 Å². The second-order valence-corrected chi connectivity index (χ2v) is 8.26. The van der Waals surface area contributed by atoms with Gasteiger partial charge in [0, 0.05) is 10.4 Å². The van der Waals surface area contributed by atoms with Crippen LogP contribution in [0.3, 0.4) is 0 Å². The number of benzene rings is 2. The quantitative estimate of drug-likeness (QED) is 0.522. The van der Waals surface area contributed by atoms with Gasteiger partial charge in [0.25, 0.3) is 5.56 Å². The lowest BCUT2D eigenvalue weighted by Gasteiger charge is -2.14. The molecule has 1 atom stereocenters. The van der Waals surface area contributed by atoms with E-state index in [1.165, 1.54) is 22.2 Å². The van der Waals surface area contributed by atoms with Crippen LogP contribution < -0.4 is 10.3 Å². The fraction of sp³-hybridized carbons (Fsp3) is 0.217. The average molecular weight is 407 g/mol. The first-order valence-corrected chi connectivity index (χ1v) is 10.3. The molecule has 0 saturated carbocycles. The topological polar surface area (TPSA) is 64.3 Å². The number of nitrogens with zero attached hydrogens (tertiary/aromatic N) is 2. The molecule has 0 fully saturated rings. The van der Waals surface area contributed by atoms with Crippen LogP contribution in [0, 0.1) is 13.8 Å². The Morgan fingerprint density at radius 1 is 1.10 bits per heavy atom. The summed E-state index contributed by atoms with van der Waals surface area (Å²) in [6.07, 6.45) is 0.679. The summed E-state index contributed by atoms with van der Waals surface area (Å²) >= 11 is 1.51. The highest BCUT2D eigenvalue weighted by atomic mass is 32.1. The molecule has 0 aliphatic rings. The molecule has 0 spiro atoms. The molecule has 1 unspecified atom stereocenters. The number of rotatable bonds is 6. The SMILES string of the molecule is Cc1ccc(OCC(O)Cn2cnc3sc(C)c(-c4ccccc4)c3c2=O)cc1. The van der Waals surface area contributed by atoms with Gasteiger partial charge in [-0.2, -0.15) is 0 Å². The van der Waals surface area contributed by atoms with Gasteiger partial charge in [0.1, 0.15) is 23.3 Å².